The zero-order chi connectivity index (χ0) is 21.9. The van der Waals surface area contributed by atoms with Crippen LogP contribution in [0.3, 0.4) is 0 Å². The summed E-state index contributed by atoms with van der Waals surface area (Å²) in [5.41, 5.74) is 2.01. The Bertz CT molecular complexity index is 1030. The van der Waals surface area contributed by atoms with Crippen LogP contribution in [0.4, 0.5) is 5.69 Å². The molecule has 1 heterocycles. The summed E-state index contributed by atoms with van der Waals surface area (Å²) < 4.78 is 33.9. The van der Waals surface area contributed by atoms with Gasteiger partial charge in [0, 0.05) is 13.1 Å². The van der Waals surface area contributed by atoms with Gasteiger partial charge in [0.25, 0.3) is 5.91 Å². The third-order valence-corrected chi connectivity index (χ3v) is 5.84. The predicted molar refractivity (Wildman–Crippen MR) is 108 cm³/mol. The Balaban J connectivity index is 2.11. The number of carbonyl (C=O) groups is 2. The number of hydrogen-bond acceptors (Lipinski definition) is 6. The summed E-state index contributed by atoms with van der Waals surface area (Å²) in [7, 11) is -1.99. The van der Waals surface area contributed by atoms with Gasteiger partial charge in [-0.25, -0.2) is 17.9 Å². The first-order valence-corrected chi connectivity index (χ1v) is 10.5. The van der Waals surface area contributed by atoms with Gasteiger partial charge in [-0.1, -0.05) is 6.07 Å². The lowest BCUT2D eigenvalue weighted by Crippen LogP contribution is -2.31. The van der Waals surface area contributed by atoms with Gasteiger partial charge in [-0.15, -0.1) is 0 Å². The number of nitrogens with one attached hydrogen (secondary N) is 2. The summed E-state index contributed by atoms with van der Waals surface area (Å²) >= 11 is 0. The number of carbonyl (C=O) groups excluding carboxylic acids is 2. The summed E-state index contributed by atoms with van der Waals surface area (Å²) in [6.45, 7) is 8.40. The molecule has 0 unspecified atom stereocenters. The van der Waals surface area contributed by atoms with E-state index in [1.165, 1.54) is 31.2 Å². The third kappa shape index (κ3) is 5.42. The van der Waals surface area contributed by atoms with Gasteiger partial charge in [-0.05, 0) is 52.8 Å². The van der Waals surface area contributed by atoms with Gasteiger partial charge >= 0.3 is 5.97 Å². The molecule has 0 bridgehead atoms. The summed E-state index contributed by atoms with van der Waals surface area (Å²) in [6, 6.07) is 5.17. The van der Waals surface area contributed by atoms with Crippen LogP contribution < -0.4 is 10.0 Å². The number of anilines is 1. The molecule has 9 nitrogen and oxygen atoms in total. The molecule has 29 heavy (non-hydrogen) atoms. The first-order valence-electron chi connectivity index (χ1n) is 9.06. The largest absolute Gasteiger partial charge is 0.449 e. The highest BCUT2D eigenvalue weighted by molar-refractivity contribution is 7.89. The summed E-state index contributed by atoms with van der Waals surface area (Å²) in [4.78, 5) is 24.8. The summed E-state index contributed by atoms with van der Waals surface area (Å²) in [5.74, 6) is -1.31. The molecule has 2 N–H and O–H groups in total. The summed E-state index contributed by atoms with van der Waals surface area (Å²) in [5, 5.41) is 6.92. The van der Waals surface area contributed by atoms with Crippen LogP contribution in [-0.2, 0) is 26.6 Å². The first kappa shape index (κ1) is 22.6. The number of aryl methyl sites for hydroxylation is 2. The Morgan fingerprint density at radius 3 is 2.38 bits per heavy atom. The van der Waals surface area contributed by atoms with Crippen LogP contribution in [0.25, 0.3) is 0 Å². The van der Waals surface area contributed by atoms with E-state index in [1.807, 2.05) is 6.92 Å². The molecule has 1 aromatic carbocycles. The standard InChI is InChI=1S/C19H26N4O5S/c1-11(2)22-29(26,27)16-9-7-8-15(10-16)19(25)28-14(5)18(24)20-17-12(3)21-23(6)13(17)4/h7-11,14,22H,1-6H3,(H,20,24)/t14-/m0/s1. The highest BCUT2D eigenvalue weighted by Gasteiger charge is 2.23. The van der Waals surface area contributed by atoms with Gasteiger partial charge in [0.05, 0.1) is 27.5 Å². The summed E-state index contributed by atoms with van der Waals surface area (Å²) in [6.07, 6.45) is -1.09. The van der Waals surface area contributed by atoms with E-state index in [-0.39, 0.29) is 16.5 Å². The number of esters is 1. The van der Waals surface area contributed by atoms with E-state index in [0.717, 1.165) is 5.69 Å². The number of rotatable bonds is 7. The Morgan fingerprint density at radius 1 is 1.17 bits per heavy atom. The quantitative estimate of drug-likeness (QED) is 0.658. The fraction of sp³-hybridized carbons (Fsp3) is 0.421. The number of nitrogens with zero attached hydrogens (tertiary/aromatic N) is 2. The topological polar surface area (TPSA) is 119 Å². The average Bonchev–Trinajstić information content (AvgIpc) is 2.86. The van der Waals surface area contributed by atoms with E-state index in [0.29, 0.717) is 11.4 Å². The van der Waals surface area contributed by atoms with Gasteiger partial charge in [-0.2, -0.15) is 5.10 Å². The number of aromatic nitrogens is 2. The maximum atomic E-state index is 12.4. The lowest BCUT2D eigenvalue weighted by Gasteiger charge is -2.14. The van der Waals surface area contributed by atoms with Gasteiger partial charge in [0.15, 0.2) is 6.10 Å². The normalized spacial score (nSPS) is 12.7. The molecule has 0 aliphatic rings. The van der Waals surface area contributed by atoms with Crippen molar-refractivity contribution in [2.45, 2.75) is 51.7 Å². The zero-order valence-electron chi connectivity index (χ0n) is 17.3. The van der Waals surface area contributed by atoms with Gasteiger partial charge in [-0.3, -0.25) is 9.48 Å². The fourth-order valence-electron chi connectivity index (χ4n) is 2.63. The molecule has 0 saturated carbocycles. The van der Waals surface area contributed by atoms with Crippen molar-refractivity contribution in [1.29, 1.82) is 0 Å². The molecule has 2 aromatic rings. The van der Waals surface area contributed by atoms with Crippen molar-refractivity contribution in [3.8, 4) is 0 Å². The Morgan fingerprint density at radius 2 is 1.83 bits per heavy atom. The van der Waals surface area contributed by atoms with Crippen LogP contribution in [0.1, 0.15) is 42.5 Å². The minimum absolute atomic E-state index is 0.0324. The van der Waals surface area contributed by atoms with Crippen LogP contribution in [-0.4, -0.2) is 42.2 Å². The molecule has 0 fully saturated rings. The molecule has 158 valence electrons. The lowest BCUT2D eigenvalue weighted by atomic mass is 10.2. The number of hydrogen-bond donors (Lipinski definition) is 2. The molecule has 0 radical (unpaired) electrons. The van der Waals surface area contributed by atoms with Crippen molar-refractivity contribution >= 4 is 27.6 Å². The van der Waals surface area contributed by atoms with E-state index in [1.54, 1.807) is 32.5 Å². The van der Waals surface area contributed by atoms with E-state index in [4.69, 9.17) is 4.74 Å². The molecule has 0 aliphatic carbocycles. The van der Waals surface area contributed by atoms with Crippen LogP contribution >= 0.6 is 0 Å². The van der Waals surface area contributed by atoms with Crippen molar-refractivity contribution in [1.82, 2.24) is 14.5 Å². The highest BCUT2D eigenvalue weighted by atomic mass is 32.2. The van der Waals surface area contributed by atoms with E-state index in [2.05, 4.69) is 15.1 Å². The maximum absolute atomic E-state index is 12.4. The molecule has 1 atom stereocenters. The van der Waals surface area contributed by atoms with Crippen molar-refractivity contribution in [3.63, 3.8) is 0 Å². The first-order chi connectivity index (χ1) is 13.4. The Labute approximate surface area is 170 Å². The van der Waals surface area contributed by atoms with Gasteiger partial charge < -0.3 is 10.1 Å². The molecule has 2 rings (SSSR count). The predicted octanol–water partition coefficient (Wildman–Crippen LogP) is 1.91. The molecule has 10 heteroatoms. The van der Waals surface area contributed by atoms with E-state index in [9.17, 15) is 18.0 Å². The van der Waals surface area contributed by atoms with Crippen LogP contribution in [0, 0.1) is 13.8 Å². The van der Waals surface area contributed by atoms with Crippen molar-refractivity contribution in [3.05, 3.63) is 41.2 Å². The van der Waals surface area contributed by atoms with Gasteiger partial charge in [0.1, 0.15) is 0 Å². The van der Waals surface area contributed by atoms with Crippen molar-refractivity contribution in [2.75, 3.05) is 5.32 Å². The Hall–Kier alpha value is -2.72. The second-order valence-corrected chi connectivity index (χ2v) is 8.72. The van der Waals surface area contributed by atoms with Crippen LogP contribution in [0.5, 0.6) is 0 Å². The fourth-order valence-corrected chi connectivity index (χ4v) is 3.93. The number of sulfonamides is 1. The van der Waals surface area contributed by atoms with Crippen molar-refractivity contribution < 1.29 is 22.7 Å². The van der Waals surface area contributed by atoms with Crippen LogP contribution in [0.15, 0.2) is 29.2 Å². The van der Waals surface area contributed by atoms with Crippen LogP contribution in [0.2, 0.25) is 0 Å². The minimum Gasteiger partial charge on any atom is -0.449 e. The number of amides is 1. The van der Waals surface area contributed by atoms with Gasteiger partial charge in [0.2, 0.25) is 10.0 Å². The molecular weight excluding hydrogens is 396 g/mol. The van der Waals surface area contributed by atoms with Crippen molar-refractivity contribution in [2.24, 2.45) is 7.05 Å². The molecular formula is C19H26N4O5S. The second-order valence-electron chi connectivity index (χ2n) is 7.01. The highest BCUT2D eigenvalue weighted by Crippen LogP contribution is 2.19. The van der Waals surface area contributed by atoms with E-state index < -0.39 is 28.0 Å². The van der Waals surface area contributed by atoms with E-state index >= 15 is 0 Å². The molecule has 0 aliphatic heterocycles. The SMILES string of the molecule is Cc1nn(C)c(C)c1NC(=O)[C@H](C)OC(=O)c1cccc(S(=O)(=O)NC(C)C)c1. The second kappa shape index (κ2) is 8.75. The Kier molecular flexibility index (Phi) is 6.81. The molecule has 0 saturated heterocycles. The molecule has 1 aromatic heterocycles. The molecule has 1 amide bonds. The number of ether oxygens (including phenoxy) is 1. The molecule has 0 spiro atoms. The zero-order valence-corrected chi connectivity index (χ0v) is 18.1. The average molecular weight is 423 g/mol. The smallest absolute Gasteiger partial charge is 0.338 e. The number of benzene rings is 1. The lowest BCUT2D eigenvalue weighted by molar-refractivity contribution is -0.123. The maximum Gasteiger partial charge on any atom is 0.338 e. The monoisotopic (exact) mass is 422 g/mol. The minimum atomic E-state index is -3.75. The third-order valence-electron chi connectivity index (χ3n) is 4.18.